The van der Waals surface area contributed by atoms with Gasteiger partial charge in [-0.1, -0.05) is 140 Å². The molecule has 0 amide bonds. The molecule has 0 aliphatic carbocycles. The number of aromatic hydroxyl groups is 5. The SMILES string of the molecule is Oc1c(O)c(O)c(-c2ccc3ccc(-c4c5ccccc5c(-c5ccc(-c6ccccc6)c6ccccc56)c5ccccc45)cc3c2)c(O)c1O. The Morgan fingerprint density at radius 3 is 1.22 bits per heavy atom. The van der Waals surface area contributed by atoms with Crippen LogP contribution in [0.3, 0.4) is 0 Å². The summed E-state index contributed by atoms with van der Waals surface area (Å²) in [5.74, 6) is -4.26. The van der Waals surface area contributed by atoms with Crippen molar-refractivity contribution < 1.29 is 25.5 Å². The lowest BCUT2D eigenvalue weighted by Crippen LogP contribution is -1.92. The van der Waals surface area contributed by atoms with Gasteiger partial charge in [-0.25, -0.2) is 0 Å². The molecule has 5 heteroatoms. The summed E-state index contributed by atoms with van der Waals surface area (Å²) in [6.45, 7) is 0. The molecule has 51 heavy (non-hydrogen) atoms. The van der Waals surface area contributed by atoms with Gasteiger partial charge in [-0.3, -0.25) is 0 Å². The summed E-state index contributed by atoms with van der Waals surface area (Å²) in [6, 6.07) is 52.1. The molecule has 0 heterocycles. The van der Waals surface area contributed by atoms with Crippen molar-refractivity contribution in [2.75, 3.05) is 0 Å². The van der Waals surface area contributed by atoms with Gasteiger partial charge in [-0.15, -0.1) is 0 Å². The van der Waals surface area contributed by atoms with E-state index in [4.69, 9.17) is 0 Å². The minimum atomic E-state index is -0.987. The molecule has 0 aliphatic heterocycles. The Morgan fingerprint density at radius 1 is 0.255 bits per heavy atom. The molecular weight excluding hydrogens is 633 g/mol. The summed E-state index contributed by atoms with van der Waals surface area (Å²) in [6.07, 6.45) is 0. The van der Waals surface area contributed by atoms with Gasteiger partial charge in [0, 0.05) is 0 Å². The lowest BCUT2D eigenvalue weighted by atomic mass is 9.83. The molecule has 0 unspecified atom stereocenters. The molecule has 244 valence electrons. The second-order valence-electron chi connectivity index (χ2n) is 12.8. The van der Waals surface area contributed by atoms with Crippen LogP contribution in [-0.2, 0) is 0 Å². The maximum absolute atomic E-state index is 10.7. The molecule has 0 saturated heterocycles. The number of phenols is 5. The van der Waals surface area contributed by atoms with Crippen molar-refractivity contribution in [3.05, 3.63) is 152 Å². The number of hydrogen-bond acceptors (Lipinski definition) is 5. The van der Waals surface area contributed by atoms with Gasteiger partial charge in [0.05, 0.1) is 5.56 Å². The van der Waals surface area contributed by atoms with Crippen LogP contribution in [0.1, 0.15) is 0 Å². The van der Waals surface area contributed by atoms with Crippen LogP contribution in [0.4, 0.5) is 0 Å². The van der Waals surface area contributed by atoms with Crippen molar-refractivity contribution >= 4 is 43.1 Å². The Hall–Kier alpha value is -6.98. The summed E-state index contributed by atoms with van der Waals surface area (Å²) in [5.41, 5.74) is 6.93. The highest BCUT2D eigenvalue weighted by Gasteiger charge is 2.25. The van der Waals surface area contributed by atoms with Crippen LogP contribution in [0, 0.1) is 0 Å². The Balaban J connectivity index is 1.29. The molecule has 0 bridgehead atoms. The zero-order valence-electron chi connectivity index (χ0n) is 27.2. The van der Waals surface area contributed by atoms with Crippen LogP contribution < -0.4 is 0 Å². The molecule has 9 rings (SSSR count). The van der Waals surface area contributed by atoms with E-state index in [0.29, 0.717) is 5.56 Å². The second kappa shape index (κ2) is 11.6. The molecule has 0 fully saturated rings. The third-order valence-corrected chi connectivity index (χ3v) is 10.00. The van der Waals surface area contributed by atoms with Crippen molar-refractivity contribution in [2.24, 2.45) is 0 Å². The Labute approximate surface area is 292 Å². The molecule has 0 atom stereocenters. The molecule has 0 spiro atoms. The minimum Gasteiger partial charge on any atom is -0.504 e. The third kappa shape index (κ3) is 4.63. The van der Waals surface area contributed by atoms with Crippen LogP contribution in [0.5, 0.6) is 28.7 Å². The predicted molar refractivity (Wildman–Crippen MR) is 207 cm³/mol. The minimum absolute atomic E-state index is 0.180. The lowest BCUT2D eigenvalue weighted by molar-refractivity contribution is 0.330. The van der Waals surface area contributed by atoms with Crippen molar-refractivity contribution in [2.45, 2.75) is 0 Å². The van der Waals surface area contributed by atoms with Gasteiger partial charge in [0.25, 0.3) is 0 Å². The van der Waals surface area contributed by atoms with E-state index in [9.17, 15) is 25.5 Å². The average molecular weight is 663 g/mol. The first kappa shape index (κ1) is 30.1. The van der Waals surface area contributed by atoms with Gasteiger partial charge in [-0.2, -0.15) is 0 Å². The number of hydrogen-bond donors (Lipinski definition) is 5. The third-order valence-electron chi connectivity index (χ3n) is 10.00. The second-order valence-corrected chi connectivity index (χ2v) is 12.8. The summed E-state index contributed by atoms with van der Waals surface area (Å²) >= 11 is 0. The molecule has 0 saturated carbocycles. The maximum Gasteiger partial charge on any atom is 0.208 e. The Bertz CT molecular complexity index is 2770. The van der Waals surface area contributed by atoms with Crippen LogP contribution >= 0.6 is 0 Å². The predicted octanol–water partition coefficient (Wildman–Crippen LogP) is 11.5. The van der Waals surface area contributed by atoms with Crippen molar-refractivity contribution in [1.82, 2.24) is 0 Å². The van der Waals surface area contributed by atoms with E-state index in [2.05, 4.69) is 121 Å². The fourth-order valence-corrected chi connectivity index (χ4v) is 7.63. The average Bonchev–Trinajstić information content (AvgIpc) is 3.18. The van der Waals surface area contributed by atoms with Gasteiger partial charge in [0.15, 0.2) is 11.5 Å². The molecule has 9 aromatic rings. The number of benzene rings is 9. The van der Waals surface area contributed by atoms with Gasteiger partial charge in [0.1, 0.15) is 0 Å². The molecule has 5 nitrogen and oxygen atoms in total. The highest BCUT2D eigenvalue weighted by atomic mass is 16.4. The quantitative estimate of drug-likeness (QED) is 0.0733. The maximum atomic E-state index is 10.7. The number of rotatable bonds is 4. The first-order valence-electron chi connectivity index (χ1n) is 16.6. The van der Waals surface area contributed by atoms with Crippen molar-refractivity contribution in [1.29, 1.82) is 0 Å². The van der Waals surface area contributed by atoms with E-state index in [0.717, 1.165) is 49.0 Å². The summed E-state index contributed by atoms with van der Waals surface area (Å²) in [7, 11) is 0. The van der Waals surface area contributed by atoms with E-state index in [1.54, 1.807) is 12.1 Å². The van der Waals surface area contributed by atoms with E-state index < -0.39 is 28.7 Å². The van der Waals surface area contributed by atoms with Gasteiger partial charge < -0.3 is 25.5 Å². The van der Waals surface area contributed by atoms with E-state index in [-0.39, 0.29) is 5.56 Å². The van der Waals surface area contributed by atoms with Gasteiger partial charge >= 0.3 is 0 Å². The van der Waals surface area contributed by atoms with Crippen LogP contribution in [-0.4, -0.2) is 25.5 Å². The molecule has 0 aliphatic rings. The number of phenolic OH excluding ortho intramolecular Hbond substituents is 5. The van der Waals surface area contributed by atoms with Crippen LogP contribution in [0.15, 0.2) is 152 Å². The first-order chi connectivity index (χ1) is 24.9. The standard InChI is InChI=1S/C46H30O5/c47-42-40(43(48)45(50)46(51)44(42)49)29-21-19-26-18-20-28(24-30(26)25-29)39-34-14-6-8-16-36(34)41(37-17-9-7-15-35(37)39)38-23-22-31(27-10-2-1-3-11-27)32-12-4-5-13-33(32)38/h1-25,47-51H. The van der Waals surface area contributed by atoms with E-state index in [1.165, 1.54) is 27.5 Å². The Kier molecular flexibility index (Phi) is 6.83. The molecule has 0 radical (unpaired) electrons. The normalized spacial score (nSPS) is 11.5. The van der Waals surface area contributed by atoms with Crippen molar-refractivity contribution in [3.8, 4) is 73.3 Å². The first-order valence-corrected chi connectivity index (χ1v) is 16.6. The molecule has 9 aromatic carbocycles. The zero-order chi connectivity index (χ0) is 34.8. The monoisotopic (exact) mass is 662 g/mol. The fourth-order valence-electron chi connectivity index (χ4n) is 7.63. The number of fused-ring (bicyclic) bond motifs is 4. The smallest absolute Gasteiger partial charge is 0.208 e. The topological polar surface area (TPSA) is 101 Å². The largest absolute Gasteiger partial charge is 0.504 e. The zero-order valence-corrected chi connectivity index (χ0v) is 27.2. The van der Waals surface area contributed by atoms with Crippen molar-refractivity contribution in [3.63, 3.8) is 0 Å². The summed E-state index contributed by atoms with van der Waals surface area (Å²) in [5, 5.41) is 60.2. The van der Waals surface area contributed by atoms with E-state index in [1.807, 2.05) is 18.2 Å². The van der Waals surface area contributed by atoms with E-state index >= 15 is 0 Å². The molecule has 0 aromatic heterocycles. The molecule has 5 N–H and O–H groups in total. The Morgan fingerprint density at radius 2 is 0.667 bits per heavy atom. The molecular formula is C46H30O5. The highest BCUT2D eigenvalue weighted by Crippen LogP contribution is 2.55. The highest BCUT2D eigenvalue weighted by molar-refractivity contribution is 6.24. The lowest BCUT2D eigenvalue weighted by Gasteiger charge is -2.20. The summed E-state index contributed by atoms with van der Waals surface area (Å²) in [4.78, 5) is 0. The van der Waals surface area contributed by atoms with Gasteiger partial charge in [0.2, 0.25) is 17.2 Å². The van der Waals surface area contributed by atoms with Crippen LogP contribution in [0.25, 0.3) is 87.6 Å². The van der Waals surface area contributed by atoms with Crippen LogP contribution in [0.2, 0.25) is 0 Å². The fraction of sp³-hybridized carbons (Fsp3) is 0. The van der Waals surface area contributed by atoms with Gasteiger partial charge in [-0.05, 0) is 94.2 Å². The summed E-state index contributed by atoms with van der Waals surface area (Å²) < 4.78 is 0.